The average Bonchev–Trinajstić information content (AvgIpc) is 2.61. The van der Waals surface area contributed by atoms with Crippen LogP contribution < -0.4 is 10.6 Å². The van der Waals surface area contributed by atoms with Gasteiger partial charge in [-0.05, 0) is 36.4 Å². The van der Waals surface area contributed by atoms with Gasteiger partial charge in [0, 0.05) is 15.4 Å². The van der Waals surface area contributed by atoms with E-state index < -0.39 is 0 Å². The molecule has 0 unspecified atom stereocenters. The average molecular weight is 318 g/mol. The lowest BCUT2D eigenvalue weighted by Gasteiger charge is -2.23. The van der Waals surface area contributed by atoms with Gasteiger partial charge in [0.05, 0.1) is 17.1 Å². The Bertz CT molecular complexity index is 878. The molecule has 112 valence electrons. The van der Waals surface area contributed by atoms with Crippen LogP contribution in [0.1, 0.15) is 10.4 Å². The molecule has 0 atom stereocenters. The second-order valence-corrected chi connectivity index (χ2v) is 6.31. The number of rotatable bonds is 2. The third-order valence-electron chi connectivity index (χ3n) is 3.68. The van der Waals surface area contributed by atoms with E-state index in [0.717, 1.165) is 22.0 Å². The first kappa shape index (κ1) is 13.9. The van der Waals surface area contributed by atoms with Crippen molar-refractivity contribution >= 4 is 34.7 Å². The van der Waals surface area contributed by atoms with Gasteiger partial charge in [-0.1, -0.05) is 48.2 Å². The third kappa shape index (κ3) is 2.69. The summed E-state index contributed by atoms with van der Waals surface area (Å²) >= 11 is 1.71. The lowest BCUT2D eigenvalue weighted by molar-refractivity contribution is 0.102. The summed E-state index contributed by atoms with van der Waals surface area (Å²) < 4.78 is 0. The number of fused-ring (bicyclic) bond motifs is 2. The smallest absolute Gasteiger partial charge is 0.255 e. The Morgan fingerprint density at radius 2 is 1.57 bits per heavy atom. The fourth-order valence-corrected chi connectivity index (χ4v) is 3.57. The molecule has 3 nitrogen and oxygen atoms in total. The highest BCUT2D eigenvalue weighted by Gasteiger charge is 2.19. The summed E-state index contributed by atoms with van der Waals surface area (Å²) in [5.74, 6) is -0.107. The Hall–Kier alpha value is -2.72. The molecule has 2 N–H and O–H groups in total. The van der Waals surface area contributed by atoms with Gasteiger partial charge < -0.3 is 10.6 Å². The van der Waals surface area contributed by atoms with Gasteiger partial charge in [0.2, 0.25) is 0 Å². The second kappa shape index (κ2) is 5.82. The fraction of sp³-hybridized carbons (Fsp3) is 0. The maximum absolute atomic E-state index is 12.4. The summed E-state index contributed by atoms with van der Waals surface area (Å²) in [6, 6.07) is 23.3. The summed E-state index contributed by atoms with van der Waals surface area (Å²) in [4.78, 5) is 14.7. The highest BCUT2D eigenvalue weighted by molar-refractivity contribution is 7.99. The Kier molecular flexibility index (Phi) is 3.52. The summed E-state index contributed by atoms with van der Waals surface area (Å²) in [5, 5.41) is 6.43. The SMILES string of the molecule is O=C(Nc1cccc2c1Nc1ccccc1S2)c1ccccc1. The van der Waals surface area contributed by atoms with Crippen LogP contribution in [-0.4, -0.2) is 5.91 Å². The number of benzene rings is 3. The predicted molar refractivity (Wildman–Crippen MR) is 94.7 cm³/mol. The maximum atomic E-state index is 12.4. The van der Waals surface area contributed by atoms with E-state index in [-0.39, 0.29) is 5.91 Å². The van der Waals surface area contributed by atoms with Crippen LogP contribution in [0.15, 0.2) is 82.6 Å². The number of nitrogens with one attached hydrogen (secondary N) is 2. The zero-order valence-electron chi connectivity index (χ0n) is 12.2. The molecule has 0 aromatic heterocycles. The van der Waals surface area contributed by atoms with Crippen molar-refractivity contribution in [2.45, 2.75) is 9.79 Å². The van der Waals surface area contributed by atoms with Gasteiger partial charge in [0.15, 0.2) is 0 Å². The van der Waals surface area contributed by atoms with Crippen LogP contribution in [-0.2, 0) is 0 Å². The molecule has 3 aromatic rings. The van der Waals surface area contributed by atoms with Gasteiger partial charge >= 0.3 is 0 Å². The number of carbonyl (C=O) groups excluding carboxylic acids is 1. The first-order valence-electron chi connectivity index (χ1n) is 7.34. The Morgan fingerprint density at radius 1 is 0.826 bits per heavy atom. The van der Waals surface area contributed by atoms with E-state index in [2.05, 4.69) is 22.8 Å². The highest BCUT2D eigenvalue weighted by atomic mass is 32.2. The van der Waals surface area contributed by atoms with Crippen LogP contribution >= 0.6 is 11.8 Å². The molecule has 23 heavy (non-hydrogen) atoms. The molecule has 3 aromatic carbocycles. The molecular weight excluding hydrogens is 304 g/mol. The molecule has 0 aliphatic carbocycles. The maximum Gasteiger partial charge on any atom is 0.255 e. The lowest BCUT2D eigenvalue weighted by Crippen LogP contribution is -2.14. The molecule has 1 heterocycles. The Morgan fingerprint density at radius 3 is 2.43 bits per heavy atom. The first-order chi connectivity index (χ1) is 11.3. The van der Waals surface area contributed by atoms with Crippen LogP contribution in [0, 0.1) is 0 Å². The van der Waals surface area contributed by atoms with Gasteiger partial charge in [-0.2, -0.15) is 0 Å². The van der Waals surface area contributed by atoms with E-state index in [1.807, 2.05) is 60.7 Å². The van der Waals surface area contributed by atoms with Crippen LogP contribution in [0.4, 0.5) is 17.1 Å². The predicted octanol–water partition coefficient (Wildman–Crippen LogP) is 5.15. The van der Waals surface area contributed by atoms with Gasteiger partial charge in [0.25, 0.3) is 5.91 Å². The van der Waals surface area contributed by atoms with Crippen molar-refractivity contribution in [1.82, 2.24) is 0 Å². The largest absolute Gasteiger partial charge is 0.352 e. The van der Waals surface area contributed by atoms with Crippen molar-refractivity contribution in [3.8, 4) is 0 Å². The van der Waals surface area contributed by atoms with Crippen molar-refractivity contribution in [1.29, 1.82) is 0 Å². The van der Waals surface area contributed by atoms with Gasteiger partial charge in [0.1, 0.15) is 0 Å². The number of para-hydroxylation sites is 2. The third-order valence-corrected chi connectivity index (χ3v) is 4.81. The van der Waals surface area contributed by atoms with Crippen molar-refractivity contribution in [2.24, 2.45) is 0 Å². The fourth-order valence-electron chi connectivity index (χ4n) is 2.55. The van der Waals surface area contributed by atoms with E-state index in [4.69, 9.17) is 0 Å². The Labute approximate surface area is 138 Å². The Balaban J connectivity index is 1.66. The van der Waals surface area contributed by atoms with Crippen molar-refractivity contribution in [3.63, 3.8) is 0 Å². The molecule has 4 rings (SSSR count). The number of hydrogen-bond acceptors (Lipinski definition) is 3. The standard InChI is InChI=1S/C19H14N2OS/c22-19(13-7-2-1-3-8-13)21-15-10-6-12-17-18(15)20-14-9-4-5-11-16(14)23-17/h1-12,20H,(H,21,22). The van der Waals surface area contributed by atoms with Gasteiger partial charge in [-0.15, -0.1) is 0 Å². The number of carbonyl (C=O) groups is 1. The molecule has 0 bridgehead atoms. The minimum atomic E-state index is -0.107. The molecular formula is C19H14N2OS. The minimum absolute atomic E-state index is 0.107. The molecule has 1 aliphatic heterocycles. The van der Waals surface area contributed by atoms with E-state index >= 15 is 0 Å². The minimum Gasteiger partial charge on any atom is -0.352 e. The molecule has 4 heteroatoms. The lowest BCUT2D eigenvalue weighted by atomic mass is 10.2. The first-order valence-corrected chi connectivity index (χ1v) is 8.16. The van der Waals surface area contributed by atoms with Crippen LogP contribution in [0.2, 0.25) is 0 Å². The molecule has 1 aliphatic rings. The van der Waals surface area contributed by atoms with E-state index in [9.17, 15) is 4.79 Å². The molecule has 0 saturated carbocycles. The summed E-state index contributed by atoms with van der Waals surface area (Å²) in [7, 11) is 0. The van der Waals surface area contributed by atoms with Crippen LogP contribution in [0.3, 0.4) is 0 Å². The quantitative estimate of drug-likeness (QED) is 0.537. The molecule has 1 amide bonds. The zero-order chi connectivity index (χ0) is 15.6. The number of anilines is 3. The monoisotopic (exact) mass is 318 g/mol. The zero-order valence-corrected chi connectivity index (χ0v) is 13.1. The molecule has 0 fully saturated rings. The van der Waals surface area contributed by atoms with E-state index in [1.54, 1.807) is 11.8 Å². The summed E-state index contributed by atoms with van der Waals surface area (Å²) in [6.07, 6.45) is 0. The van der Waals surface area contributed by atoms with Crippen LogP contribution in [0.25, 0.3) is 0 Å². The van der Waals surface area contributed by atoms with E-state index in [1.165, 1.54) is 4.90 Å². The number of hydrogen-bond donors (Lipinski definition) is 2. The van der Waals surface area contributed by atoms with Crippen molar-refractivity contribution < 1.29 is 4.79 Å². The summed E-state index contributed by atoms with van der Waals surface area (Å²) in [5.41, 5.74) is 3.44. The highest BCUT2D eigenvalue weighted by Crippen LogP contribution is 2.46. The van der Waals surface area contributed by atoms with Crippen molar-refractivity contribution in [3.05, 3.63) is 78.4 Å². The molecule has 0 radical (unpaired) electrons. The van der Waals surface area contributed by atoms with Crippen LogP contribution in [0.5, 0.6) is 0 Å². The van der Waals surface area contributed by atoms with Gasteiger partial charge in [-0.25, -0.2) is 0 Å². The summed E-state index contributed by atoms with van der Waals surface area (Å²) in [6.45, 7) is 0. The topological polar surface area (TPSA) is 41.1 Å². The van der Waals surface area contributed by atoms with Crippen molar-refractivity contribution in [2.75, 3.05) is 10.6 Å². The second-order valence-electron chi connectivity index (χ2n) is 5.22. The normalized spacial score (nSPS) is 11.8. The molecule has 0 saturated heterocycles. The van der Waals surface area contributed by atoms with E-state index in [0.29, 0.717) is 5.56 Å². The molecule has 0 spiro atoms. The number of amides is 1. The van der Waals surface area contributed by atoms with Gasteiger partial charge in [-0.3, -0.25) is 4.79 Å².